The fraction of sp³-hybridized carbons (Fsp3) is 0.933. The largest absolute Gasteiger partial charge is 0.345 e. The van der Waals surface area contributed by atoms with E-state index in [4.69, 9.17) is 5.73 Å². The number of nitrogens with two attached hydrogens (primary N) is 1. The molecule has 2 bridgehead atoms. The minimum absolute atomic E-state index is 0.304. The fourth-order valence-electron chi connectivity index (χ4n) is 3.73. The molecule has 0 spiro atoms. The summed E-state index contributed by atoms with van der Waals surface area (Å²) in [5, 5.41) is 0. The van der Waals surface area contributed by atoms with Gasteiger partial charge in [0.05, 0.1) is 0 Å². The number of carbonyl (C=O) groups excluding carboxylic acids is 1. The molecule has 1 amide bonds. The van der Waals surface area contributed by atoms with Gasteiger partial charge in [-0.05, 0) is 55.9 Å². The first-order valence-electron chi connectivity index (χ1n) is 7.54. The molecule has 0 aliphatic heterocycles. The molecule has 0 radical (unpaired) electrons. The lowest BCUT2D eigenvalue weighted by atomic mass is 9.88. The van der Waals surface area contributed by atoms with Crippen molar-refractivity contribution in [3.05, 3.63) is 0 Å². The lowest BCUT2D eigenvalue weighted by Crippen LogP contribution is -2.34. The van der Waals surface area contributed by atoms with Gasteiger partial charge < -0.3 is 10.6 Å². The van der Waals surface area contributed by atoms with Crippen molar-refractivity contribution in [2.45, 2.75) is 45.4 Å². The molecule has 0 aromatic heterocycles. The Labute approximate surface area is 111 Å². The summed E-state index contributed by atoms with van der Waals surface area (Å²) < 4.78 is 0. The van der Waals surface area contributed by atoms with Crippen LogP contribution in [0.25, 0.3) is 0 Å². The van der Waals surface area contributed by atoms with Gasteiger partial charge in [-0.2, -0.15) is 0 Å². The minimum atomic E-state index is 0.304. The van der Waals surface area contributed by atoms with E-state index in [0.29, 0.717) is 24.8 Å². The maximum Gasteiger partial charge on any atom is 0.222 e. The monoisotopic (exact) mass is 252 g/mol. The summed E-state index contributed by atoms with van der Waals surface area (Å²) >= 11 is 0. The van der Waals surface area contributed by atoms with Crippen molar-refractivity contribution in [2.75, 3.05) is 20.1 Å². The molecule has 104 valence electrons. The van der Waals surface area contributed by atoms with Crippen LogP contribution in [-0.2, 0) is 4.79 Å². The zero-order valence-electron chi connectivity index (χ0n) is 11.9. The van der Waals surface area contributed by atoms with Crippen LogP contribution in [0.2, 0.25) is 0 Å². The summed E-state index contributed by atoms with van der Waals surface area (Å²) in [5.74, 6) is 3.43. The van der Waals surface area contributed by atoms with E-state index in [1.54, 1.807) is 0 Å². The Morgan fingerprint density at radius 2 is 2.17 bits per heavy atom. The van der Waals surface area contributed by atoms with Crippen molar-refractivity contribution in [1.29, 1.82) is 0 Å². The van der Waals surface area contributed by atoms with Crippen molar-refractivity contribution in [3.8, 4) is 0 Å². The Balaban J connectivity index is 1.70. The van der Waals surface area contributed by atoms with Crippen LogP contribution in [0.5, 0.6) is 0 Å². The van der Waals surface area contributed by atoms with E-state index in [2.05, 4.69) is 6.92 Å². The van der Waals surface area contributed by atoms with Gasteiger partial charge in [0, 0.05) is 20.0 Å². The Bertz CT molecular complexity index is 292. The van der Waals surface area contributed by atoms with E-state index in [-0.39, 0.29) is 0 Å². The molecule has 2 rings (SSSR count). The summed E-state index contributed by atoms with van der Waals surface area (Å²) in [6, 6.07) is 0. The van der Waals surface area contributed by atoms with Crippen molar-refractivity contribution in [1.82, 2.24) is 4.90 Å². The van der Waals surface area contributed by atoms with Crippen LogP contribution in [0.3, 0.4) is 0 Å². The van der Waals surface area contributed by atoms with E-state index < -0.39 is 0 Å². The predicted molar refractivity (Wildman–Crippen MR) is 74.0 cm³/mol. The normalized spacial score (nSPS) is 31.6. The number of hydrogen-bond acceptors (Lipinski definition) is 2. The van der Waals surface area contributed by atoms with Crippen molar-refractivity contribution < 1.29 is 4.79 Å². The summed E-state index contributed by atoms with van der Waals surface area (Å²) in [6.07, 6.45) is 7.22. The summed E-state index contributed by atoms with van der Waals surface area (Å²) in [7, 11) is 1.97. The summed E-state index contributed by atoms with van der Waals surface area (Å²) in [6.45, 7) is 3.78. The first kappa shape index (κ1) is 13.9. The van der Waals surface area contributed by atoms with Gasteiger partial charge in [-0.3, -0.25) is 4.79 Å². The zero-order valence-corrected chi connectivity index (χ0v) is 11.9. The average molecular weight is 252 g/mol. The first-order valence-corrected chi connectivity index (χ1v) is 7.54. The van der Waals surface area contributed by atoms with Gasteiger partial charge in [0.15, 0.2) is 0 Å². The molecule has 0 saturated heterocycles. The number of fused-ring (bicyclic) bond motifs is 2. The molecular formula is C15H28N2O. The van der Waals surface area contributed by atoms with Crippen molar-refractivity contribution >= 4 is 5.91 Å². The van der Waals surface area contributed by atoms with Gasteiger partial charge in [0.2, 0.25) is 5.91 Å². The fourth-order valence-corrected chi connectivity index (χ4v) is 3.73. The van der Waals surface area contributed by atoms with Crippen LogP contribution in [-0.4, -0.2) is 30.9 Å². The van der Waals surface area contributed by atoms with Crippen LogP contribution < -0.4 is 5.73 Å². The zero-order chi connectivity index (χ0) is 13.1. The van der Waals surface area contributed by atoms with E-state index in [1.807, 2.05) is 11.9 Å². The molecule has 2 aliphatic carbocycles. The van der Waals surface area contributed by atoms with Crippen LogP contribution in [0.15, 0.2) is 0 Å². The number of hydrogen-bond donors (Lipinski definition) is 1. The highest BCUT2D eigenvalue weighted by atomic mass is 16.2. The minimum Gasteiger partial charge on any atom is -0.345 e. The number of nitrogens with zero attached hydrogens (tertiary/aromatic N) is 1. The predicted octanol–water partition coefficient (Wildman–Crippen LogP) is 2.26. The average Bonchev–Trinajstić information content (AvgIpc) is 2.97. The molecule has 2 fully saturated rings. The quantitative estimate of drug-likeness (QED) is 0.788. The topological polar surface area (TPSA) is 46.3 Å². The van der Waals surface area contributed by atoms with Gasteiger partial charge in [-0.1, -0.05) is 13.3 Å². The van der Waals surface area contributed by atoms with Crippen LogP contribution >= 0.6 is 0 Å². The number of carbonyl (C=O) groups is 1. The molecule has 2 aliphatic rings. The highest BCUT2D eigenvalue weighted by molar-refractivity contribution is 5.75. The molecule has 2 saturated carbocycles. The van der Waals surface area contributed by atoms with Gasteiger partial charge in [0.1, 0.15) is 0 Å². The second-order valence-electron chi connectivity index (χ2n) is 6.59. The van der Waals surface area contributed by atoms with E-state index >= 15 is 0 Å². The Morgan fingerprint density at radius 1 is 1.39 bits per heavy atom. The number of amides is 1. The maximum atomic E-state index is 12.0. The van der Waals surface area contributed by atoms with Gasteiger partial charge in [-0.15, -0.1) is 0 Å². The first-order chi connectivity index (χ1) is 8.60. The lowest BCUT2D eigenvalue weighted by molar-refractivity contribution is -0.131. The molecular weight excluding hydrogens is 224 g/mol. The Morgan fingerprint density at radius 3 is 2.72 bits per heavy atom. The SMILES string of the molecule is CC(CN)CCC(=O)N(C)CC1CC2CCC1C2. The molecule has 4 atom stereocenters. The second kappa shape index (κ2) is 6.05. The molecule has 4 unspecified atom stereocenters. The van der Waals surface area contributed by atoms with Crippen LogP contribution in [0.4, 0.5) is 0 Å². The lowest BCUT2D eigenvalue weighted by Gasteiger charge is -2.27. The highest BCUT2D eigenvalue weighted by Gasteiger charge is 2.39. The molecule has 18 heavy (non-hydrogen) atoms. The van der Waals surface area contributed by atoms with E-state index in [9.17, 15) is 4.79 Å². The van der Waals surface area contributed by atoms with Gasteiger partial charge in [0.25, 0.3) is 0 Å². The molecule has 2 N–H and O–H groups in total. The van der Waals surface area contributed by atoms with Gasteiger partial charge in [-0.25, -0.2) is 0 Å². The van der Waals surface area contributed by atoms with Gasteiger partial charge >= 0.3 is 0 Å². The second-order valence-corrected chi connectivity index (χ2v) is 6.59. The Kier molecular flexibility index (Phi) is 4.66. The summed E-state index contributed by atoms with van der Waals surface area (Å²) in [4.78, 5) is 14.0. The van der Waals surface area contributed by atoms with Crippen molar-refractivity contribution in [3.63, 3.8) is 0 Å². The molecule has 3 heteroatoms. The standard InChI is InChI=1S/C15H28N2O/c1-11(9-16)3-6-15(18)17(2)10-14-8-12-4-5-13(14)7-12/h11-14H,3-10,16H2,1-2H3. The third-order valence-electron chi connectivity index (χ3n) is 5.07. The highest BCUT2D eigenvalue weighted by Crippen LogP contribution is 2.48. The van der Waals surface area contributed by atoms with Crippen molar-refractivity contribution in [2.24, 2.45) is 29.4 Å². The summed E-state index contributed by atoms with van der Waals surface area (Å²) in [5.41, 5.74) is 5.58. The Hall–Kier alpha value is -0.570. The van der Waals surface area contributed by atoms with E-state index in [1.165, 1.54) is 25.7 Å². The molecule has 0 aromatic rings. The number of rotatable bonds is 6. The maximum absolute atomic E-state index is 12.0. The molecule has 3 nitrogen and oxygen atoms in total. The third kappa shape index (κ3) is 3.25. The molecule has 0 aromatic carbocycles. The van der Waals surface area contributed by atoms with Crippen LogP contribution in [0, 0.1) is 23.7 Å². The smallest absolute Gasteiger partial charge is 0.222 e. The van der Waals surface area contributed by atoms with Crippen LogP contribution in [0.1, 0.15) is 45.4 Å². The third-order valence-corrected chi connectivity index (χ3v) is 5.07. The molecule has 0 heterocycles. The van der Waals surface area contributed by atoms with E-state index in [0.717, 1.165) is 30.7 Å².